The van der Waals surface area contributed by atoms with Crippen LogP contribution in [-0.4, -0.2) is 43.4 Å². The highest BCUT2D eigenvalue weighted by molar-refractivity contribution is 5.77. The quantitative estimate of drug-likeness (QED) is 0.685. The van der Waals surface area contributed by atoms with Gasteiger partial charge in [-0.05, 0) is 43.5 Å². The Hall–Kier alpha value is -3.16. The molecule has 1 aromatic carbocycles. The second-order valence-corrected chi connectivity index (χ2v) is 6.50. The van der Waals surface area contributed by atoms with Crippen molar-refractivity contribution in [3.05, 3.63) is 58.8 Å². The molecule has 1 fully saturated rings. The van der Waals surface area contributed by atoms with Gasteiger partial charge in [-0.15, -0.1) is 0 Å². The van der Waals surface area contributed by atoms with Gasteiger partial charge >= 0.3 is 0 Å². The van der Waals surface area contributed by atoms with Crippen molar-refractivity contribution in [2.75, 3.05) is 13.2 Å². The first-order valence-corrected chi connectivity index (χ1v) is 9.09. The monoisotopic (exact) mass is 367 g/mol. The Labute approximate surface area is 156 Å². The summed E-state index contributed by atoms with van der Waals surface area (Å²) >= 11 is 0. The molecule has 1 aliphatic rings. The minimum Gasteiger partial charge on any atom is -0.494 e. The van der Waals surface area contributed by atoms with Crippen molar-refractivity contribution in [1.29, 1.82) is 0 Å². The van der Waals surface area contributed by atoms with Gasteiger partial charge in [-0.25, -0.2) is 9.20 Å². The second-order valence-electron chi connectivity index (χ2n) is 6.50. The van der Waals surface area contributed by atoms with Crippen molar-refractivity contribution in [2.24, 2.45) is 0 Å². The van der Waals surface area contributed by atoms with E-state index in [-0.39, 0.29) is 24.1 Å². The highest BCUT2D eigenvalue weighted by atomic mass is 16.5. The highest BCUT2D eigenvalue weighted by Crippen LogP contribution is 2.32. The lowest BCUT2D eigenvalue weighted by molar-refractivity contribution is -0.133. The molecule has 140 valence electrons. The van der Waals surface area contributed by atoms with Gasteiger partial charge in [0.1, 0.15) is 24.1 Å². The number of benzene rings is 1. The molecular formula is C19H21N5O3. The third kappa shape index (κ3) is 3.30. The van der Waals surface area contributed by atoms with Gasteiger partial charge in [0.15, 0.2) is 0 Å². The lowest BCUT2D eigenvalue weighted by Crippen LogP contribution is -2.37. The van der Waals surface area contributed by atoms with E-state index in [0.717, 1.165) is 24.2 Å². The van der Waals surface area contributed by atoms with E-state index < -0.39 is 0 Å². The summed E-state index contributed by atoms with van der Waals surface area (Å²) in [6, 6.07) is 9.50. The normalized spacial score (nSPS) is 16.8. The van der Waals surface area contributed by atoms with Gasteiger partial charge in [-0.3, -0.25) is 9.59 Å². The van der Waals surface area contributed by atoms with Crippen LogP contribution >= 0.6 is 0 Å². The third-order valence-corrected chi connectivity index (χ3v) is 4.86. The minimum atomic E-state index is -0.319. The molecule has 3 heterocycles. The van der Waals surface area contributed by atoms with E-state index in [1.165, 1.54) is 21.7 Å². The number of ether oxygens (including phenoxy) is 1. The summed E-state index contributed by atoms with van der Waals surface area (Å²) in [5, 5.41) is 8.04. The number of fused-ring (bicyclic) bond motifs is 1. The van der Waals surface area contributed by atoms with E-state index >= 15 is 0 Å². The van der Waals surface area contributed by atoms with Crippen LogP contribution < -0.4 is 10.3 Å². The predicted molar refractivity (Wildman–Crippen MR) is 98.5 cm³/mol. The molecule has 8 nitrogen and oxygen atoms in total. The van der Waals surface area contributed by atoms with Gasteiger partial charge in [0, 0.05) is 6.54 Å². The van der Waals surface area contributed by atoms with E-state index in [4.69, 9.17) is 4.74 Å². The Morgan fingerprint density at radius 1 is 1.22 bits per heavy atom. The molecule has 1 aliphatic heterocycles. The van der Waals surface area contributed by atoms with Crippen molar-refractivity contribution in [3.8, 4) is 5.75 Å². The second kappa shape index (κ2) is 7.22. The van der Waals surface area contributed by atoms with Crippen LogP contribution in [-0.2, 0) is 11.3 Å². The first-order chi connectivity index (χ1) is 13.2. The lowest BCUT2D eigenvalue weighted by atomic mass is 10.0. The summed E-state index contributed by atoms with van der Waals surface area (Å²) in [4.78, 5) is 27.2. The summed E-state index contributed by atoms with van der Waals surface area (Å²) in [7, 11) is 0. The van der Waals surface area contributed by atoms with Crippen LogP contribution in [0.2, 0.25) is 0 Å². The smallest absolute Gasteiger partial charge is 0.293 e. The summed E-state index contributed by atoms with van der Waals surface area (Å²) in [6.07, 6.45) is 4.82. The summed E-state index contributed by atoms with van der Waals surface area (Å²) < 4.78 is 8.09. The van der Waals surface area contributed by atoms with Gasteiger partial charge in [0.2, 0.25) is 5.91 Å². The van der Waals surface area contributed by atoms with Crippen LogP contribution in [0.1, 0.15) is 31.4 Å². The zero-order chi connectivity index (χ0) is 18.8. The van der Waals surface area contributed by atoms with Crippen LogP contribution in [0.25, 0.3) is 5.52 Å². The predicted octanol–water partition coefficient (Wildman–Crippen LogP) is 1.65. The maximum atomic E-state index is 12.9. The SMILES string of the molecule is CCOc1ccc(C2CCCN2C(=O)Cn2ncn3nccc3c2=O)cc1. The molecule has 1 unspecified atom stereocenters. The average molecular weight is 367 g/mol. The van der Waals surface area contributed by atoms with Crippen LogP contribution in [0, 0.1) is 0 Å². The number of hydrogen-bond donors (Lipinski definition) is 0. The molecule has 1 atom stereocenters. The Kier molecular flexibility index (Phi) is 4.62. The fourth-order valence-corrected chi connectivity index (χ4v) is 3.57. The molecule has 1 amide bonds. The standard InChI is InChI=1S/C19H21N5O3/c1-2-27-15-7-5-14(6-8-15)16-4-3-11-22(16)18(25)12-23-19(26)17-9-10-20-24(17)13-21-23/h5-10,13,16H,2-4,11-12H2,1H3. The number of aromatic nitrogens is 4. The molecule has 0 N–H and O–H groups in total. The Morgan fingerprint density at radius 3 is 2.81 bits per heavy atom. The number of amides is 1. The number of nitrogens with zero attached hydrogens (tertiary/aromatic N) is 5. The lowest BCUT2D eigenvalue weighted by Gasteiger charge is -2.25. The first kappa shape index (κ1) is 17.3. The average Bonchev–Trinajstić information content (AvgIpc) is 3.34. The van der Waals surface area contributed by atoms with Crippen molar-refractivity contribution >= 4 is 11.4 Å². The first-order valence-electron chi connectivity index (χ1n) is 9.09. The molecule has 2 aromatic heterocycles. The topological polar surface area (TPSA) is 81.7 Å². The van der Waals surface area contributed by atoms with E-state index in [2.05, 4.69) is 10.2 Å². The van der Waals surface area contributed by atoms with Crippen molar-refractivity contribution in [2.45, 2.75) is 32.4 Å². The Balaban J connectivity index is 1.53. The Bertz CT molecular complexity index is 1010. The number of rotatable bonds is 5. The fraction of sp³-hybridized carbons (Fsp3) is 0.368. The zero-order valence-corrected chi connectivity index (χ0v) is 15.1. The van der Waals surface area contributed by atoms with E-state index in [9.17, 15) is 9.59 Å². The van der Waals surface area contributed by atoms with Crippen LogP contribution in [0.4, 0.5) is 0 Å². The largest absolute Gasteiger partial charge is 0.494 e. The molecule has 3 aromatic rings. The van der Waals surface area contributed by atoms with Gasteiger partial charge in [-0.2, -0.15) is 10.2 Å². The zero-order valence-electron chi connectivity index (χ0n) is 15.1. The summed E-state index contributed by atoms with van der Waals surface area (Å²) in [5.41, 5.74) is 1.17. The number of carbonyl (C=O) groups is 1. The van der Waals surface area contributed by atoms with Crippen LogP contribution in [0.5, 0.6) is 5.75 Å². The molecule has 0 radical (unpaired) electrons. The highest BCUT2D eigenvalue weighted by Gasteiger charge is 2.30. The van der Waals surface area contributed by atoms with Crippen molar-refractivity contribution in [1.82, 2.24) is 24.3 Å². The fourth-order valence-electron chi connectivity index (χ4n) is 3.57. The van der Waals surface area contributed by atoms with Gasteiger partial charge in [0.25, 0.3) is 5.56 Å². The molecule has 27 heavy (non-hydrogen) atoms. The van der Waals surface area contributed by atoms with E-state index in [1.807, 2.05) is 36.1 Å². The molecule has 0 saturated carbocycles. The summed E-state index contributed by atoms with van der Waals surface area (Å²) in [6.45, 7) is 3.17. The van der Waals surface area contributed by atoms with Gasteiger partial charge in [-0.1, -0.05) is 12.1 Å². The van der Waals surface area contributed by atoms with E-state index in [0.29, 0.717) is 18.7 Å². The third-order valence-electron chi connectivity index (χ3n) is 4.86. The van der Waals surface area contributed by atoms with Crippen molar-refractivity contribution < 1.29 is 9.53 Å². The van der Waals surface area contributed by atoms with Gasteiger partial charge in [0.05, 0.1) is 18.8 Å². The molecule has 0 bridgehead atoms. The van der Waals surface area contributed by atoms with Gasteiger partial charge < -0.3 is 9.64 Å². The number of likely N-dealkylation sites (tertiary alicyclic amines) is 1. The number of carbonyl (C=O) groups excluding carboxylic acids is 1. The molecule has 0 aliphatic carbocycles. The molecular weight excluding hydrogens is 346 g/mol. The molecule has 4 rings (SSSR count). The van der Waals surface area contributed by atoms with Crippen LogP contribution in [0.3, 0.4) is 0 Å². The minimum absolute atomic E-state index is 0.0163. The van der Waals surface area contributed by atoms with Crippen molar-refractivity contribution in [3.63, 3.8) is 0 Å². The molecule has 0 spiro atoms. The Morgan fingerprint density at radius 2 is 2.04 bits per heavy atom. The summed E-state index contributed by atoms with van der Waals surface area (Å²) in [5.74, 6) is 0.715. The molecule has 1 saturated heterocycles. The maximum Gasteiger partial charge on any atom is 0.293 e. The van der Waals surface area contributed by atoms with Crippen LogP contribution in [0.15, 0.2) is 47.7 Å². The number of hydrogen-bond acceptors (Lipinski definition) is 5. The molecule has 8 heteroatoms. The van der Waals surface area contributed by atoms with E-state index in [1.54, 1.807) is 6.07 Å². The maximum absolute atomic E-state index is 12.9.